The van der Waals surface area contributed by atoms with E-state index in [1.807, 2.05) is 11.8 Å². The largest absolute Gasteiger partial charge is 0.477 e. The lowest BCUT2D eigenvalue weighted by Gasteiger charge is -2.32. The Balaban J connectivity index is 0.00000225. The Morgan fingerprint density at radius 2 is 2.11 bits per heavy atom. The summed E-state index contributed by atoms with van der Waals surface area (Å²) in [6.07, 6.45) is 3.30. The summed E-state index contributed by atoms with van der Waals surface area (Å²) in [4.78, 5) is 18.8. The van der Waals surface area contributed by atoms with E-state index in [4.69, 9.17) is 16.3 Å². The van der Waals surface area contributed by atoms with Gasteiger partial charge in [-0.25, -0.2) is 4.98 Å². The number of amides is 1. The molecule has 28 heavy (non-hydrogen) atoms. The van der Waals surface area contributed by atoms with Gasteiger partial charge in [0.25, 0.3) is 5.91 Å². The van der Waals surface area contributed by atoms with Crippen LogP contribution in [0, 0.1) is 0 Å². The fourth-order valence-electron chi connectivity index (χ4n) is 3.73. The first-order valence-corrected chi connectivity index (χ1v) is 9.75. The SMILES string of the molecule is CCOc1ncc(C(=O)N2CCC(c3nnc4n3CCNC4)CC2)cc1Cl.Cl. The third-order valence-electron chi connectivity index (χ3n) is 5.13. The van der Waals surface area contributed by atoms with Crippen LogP contribution in [0.15, 0.2) is 12.3 Å². The molecule has 2 aliphatic heterocycles. The van der Waals surface area contributed by atoms with Crippen molar-refractivity contribution < 1.29 is 9.53 Å². The predicted octanol–water partition coefficient (Wildman–Crippen LogP) is 2.27. The van der Waals surface area contributed by atoms with Gasteiger partial charge in [0.15, 0.2) is 0 Å². The van der Waals surface area contributed by atoms with E-state index in [1.54, 1.807) is 6.07 Å². The van der Waals surface area contributed by atoms with Crippen molar-refractivity contribution in [1.82, 2.24) is 30.0 Å². The van der Waals surface area contributed by atoms with Crippen LogP contribution < -0.4 is 10.1 Å². The van der Waals surface area contributed by atoms with E-state index < -0.39 is 0 Å². The molecule has 0 spiro atoms. The number of pyridine rings is 1. The molecule has 2 aromatic rings. The zero-order valence-electron chi connectivity index (χ0n) is 15.7. The molecule has 0 aliphatic carbocycles. The van der Waals surface area contributed by atoms with Crippen LogP contribution in [0.1, 0.15) is 47.7 Å². The molecule has 0 aromatic carbocycles. The number of carbonyl (C=O) groups is 1. The Kier molecular flexibility index (Phi) is 6.74. The zero-order valence-corrected chi connectivity index (χ0v) is 17.3. The van der Waals surface area contributed by atoms with Crippen LogP contribution in [0.5, 0.6) is 5.88 Å². The number of fused-ring (bicyclic) bond motifs is 1. The number of carbonyl (C=O) groups excluding carboxylic acids is 1. The van der Waals surface area contributed by atoms with Crippen molar-refractivity contribution in [1.29, 1.82) is 0 Å². The lowest BCUT2D eigenvalue weighted by Crippen LogP contribution is -2.39. The molecule has 1 amide bonds. The predicted molar refractivity (Wildman–Crippen MR) is 107 cm³/mol. The van der Waals surface area contributed by atoms with Crippen molar-refractivity contribution in [2.24, 2.45) is 0 Å². The fourth-order valence-corrected chi connectivity index (χ4v) is 3.95. The summed E-state index contributed by atoms with van der Waals surface area (Å²) in [6, 6.07) is 1.63. The van der Waals surface area contributed by atoms with Gasteiger partial charge in [0.1, 0.15) is 16.7 Å². The molecule has 2 aliphatic rings. The maximum atomic E-state index is 12.8. The summed E-state index contributed by atoms with van der Waals surface area (Å²) in [6.45, 7) is 6.35. The number of halogens is 2. The standard InChI is InChI=1S/C18H23ClN6O2.ClH/c1-2-27-17-14(19)9-13(10-21-17)18(26)24-6-3-12(4-7-24)16-23-22-15-11-20-5-8-25(15)16;/h9-10,12,20H,2-8,11H2,1H3;1H. The van der Waals surface area contributed by atoms with E-state index in [9.17, 15) is 4.79 Å². The highest BCUT2D eigenvalue weighted by Crippen LogP contribution is 2.29. The maximum absolute atomic E-state index is 12.8. The summed E-state index contributed by atoms with van der Waals surface area (Å²) < 4.78 is 7.56. The van der Waals surface area contributed by atoms with Gasteiger partial charge in [-0.15, -0.1) is 22.6 Å². The topological polar surface area (TPSA) is 85.2 Å². The van der Waals surface area contributed by atoms with Gasteiger partial charge in [0.05, 0.1) is 18.7 Å². The Morgan fingerprint density at radius 1 is 1.32 bits per heavy atom. The molecule has 8 nitrogen and oxygen atoms in total. The first-order valence-electron chi connectivity index (χ1n) is 9.37. The van der Waals surface area contributed by atoms with Crippen LogP contribution in [-0.4, -0.2) is 56.8 Å². The third-order valence-corrected chi connectivity index (χ3v) is 5.40. The van der Waals surface area contributed by atoms with Crippen LogP contribution >= 0.6 is 24.0 Å². The summed E-state index contributed by atoms with van der Waals surface area (Å²) in [5, 5.41) is 12.4. The molecule has 1 fully saturated rings. The molecule has 4 rings (SSSR count). The molecule has 0 saturated carbocycles. The summed E-state index contributed by atoms with van der Waals surface area (Å²) in [7, 11) is 0. The fraction of sp³-hybridized carbons (Fsp3) is 0.556. The van der Waals surface area contributed by atoms with Crippen molar-refractivity contribution in [3.8, 4) is 5.88 Å². The van der Waals surface area contributed by atoms with E-state index in [0.29, 0.717) is 42.1 Å². The van der Waals surface area contributed by atoms with Crippen LogP contribution in [0.25, 0.3) is 0 Å². The van der Waals surface area contributed by atoms with Crippen molar-refractivity contribution in [2.75, 3.05) is 26.2 Å². The Hall–Kier alpha value is -1.90. The molecule has 10 heteroatoms. The smallest absolute Gasteiger partial charge is 0.255 e. The molecule has 0 unspecified atom stereocenters. The Bertz CT molecular complexity index is 835. The van der Waals surface area contributed by atoms with Crippen LogP contribution in [-0.2, 0) is 13.1 Å². The second-order valence-electron chi connectivity index (χ2n) is 6.81. The van der Waals surface area contributed by atoms with Gasteiger partial charge < -0.3 is 19.5 Å². The van der Waals surface area contributed by atoms with E-state index in [2.05, 4.69) is 25.1 Å². The van der Waals surface area contributed by atoms with Crippen LogP contribution in [0.3, 0.4) is 0 Å². The van der Waals surface area contributed by atoms with Gasteiger partial charge in [-0.2, -0.15) is 0 Å². The van der Waals surface area contributed by atoms with Crippen LogP contribution in [0.2, 0.25) is 5.02 Å². The number of piperidine rings is 1. The van der Waals surface area contributed by atoms with Crippen molar-refractivity contribution in [3.63, 3.8) is 0 Å². The Labute approximate surface area is 175 Å². The minimum absolute atomic E-state index is 0. The highest BCUT2D eigenvalue weighted by atomic mass is 35.5. The second kappa shape index (κ2) is 9.07. The maximum Gasteiger partial charge on any atom is 0.255 e. The highest BCUT2D eigenvalue weighted by molar-refractivity contribution is 6.32. The molecule has 152 valence electrons. The van der Waals surface area contributed by atoms with Gasteiger partial charge in [-0.05, 0) is 25.8 Å². The summed E-state index contributed by atoms with van der Waals surface area (Å²) in [5.74, 6) is 2.73. The van der Waals surface area contributed by atoms with E-state index in [0.717, 1.165) is 44.1 Å². The molecule has 1 N–H and O–H groups in total. The van der Waals surface area contributed by atoms with Crippen molar-refractivity contribution in [2.45, 2.75) is 38.8 Å². The monoisotopic (exact) mass is 426 g/mol. The zero-order chi connectivity index (χ0) is 18.8. The quantitative estimate of drug-likeness (QED) is 0.806. The van der Waals surface area contributed by atoms with Gasteiger partial charge in [0, 0.05) is 38.3 Å². The average molecular weight is 427 g/mol. The lowest BCUT2D eigenvalue weighted by molar-refractivity contribution is 0.0709. The lowest BCUT2D eigenvalue weighted by atomic mass is 9.95. The molecule has 2 aromatic heterocycles. The van der Waals surface area contributed by atoms with Gasteiger partial charge >= 0.3 is 0 Å². The Morgan fingerprint density at radius 3 is 2.82 bits per heavy atom. The number of likely N-dealkylation sites (tertiary alicyclic amines) is 1. The minimum atomic E-state index is -0.0432. The summed E-state index contributed by atoms with van der Waals surface area (Å²) in [5.41, 5.74) is 0.493. The number of nitrogens with one attached hydrogen (secondary N) is 1. The molecule has 0 bridgehead atoms. The highest BCUT2D eigenvalue weighted by Gasteiger charge is 2.29. The number of hydrogen-bond donors (Lipinski definition) is 1. The molecule has 0 atom stereocenters. The third kappa shape index (κ3) is 4.09. The molecule has 1 saturated heterocycles. The van der Waals surface area contributed by atoms with E-state index >= 15 is 0 Å². The van der Waals surface area contributed by atoms with Crippen molar-refractivity contribution in [3.05, 3.63) is 34.5 Å². The summed E-state index contributed by atoms with van der Waals surface area (Å²) >= 11 is 6.17. The first-order chi connectivity index (χ1) is 13.2. The average Bonchev–Trinajstić information content (AvgIpc) is 3.13. The number of aromatic nitrogens is 4. The molecular weight excluding hydrogens is 403 g/mol. The van der Waals surface area contributed by atoms with Gasteiger partial charge in [-0.3, -0.25) is 4.79 Å². The minimum Gasteiger partial charge on any atom is -0.477 e. The molecular formula is C18H24Cl2N6O2. The van der Waals surface area contributed by atoms with Crippen molar-refractivity contribution >= 4 is 29.9 Å². The van der Waals surface area contributed by atoms with E-state index in [-0.39, 0.29) is 18.3 Å². The van der Waals surface area contributed by atoms with Crippen LogP contribution in [0.4, 0.5) is 0 Å². The second-order valence-corrected chi connectivity index (χ2v) is 7.22. The van der Waals surface area contributed by atoms with E-state index in [1.165, 1.54) is 6.20 Å². The first kappa shape index (κ1) is 20.8. The molecule has 0 radical (unpaired) electrons. The number of nitrogens with zero attached hydrogens (tertiary/aromatic N) is 5. The number of hydrogen-bond acceptors (Lipinski definition) is 6. The van der Waals surface area contributed by atoms with Gasteiger partial charge in [0.2, 0.25) is 5.88 Å². The van der Waals surface area contributed by atoms with Gasteiger partial charge in [-0.1, -0.05) is 11.6 Å². The molecule has 4 heterocycles. The number of ether oxygens (including phenoxy) is 1. The number of rotatable bonds is 4. The normalized spacial score (nSPS) is 17.0.